The van der Waals surface area contributed by atoms with Crippen LogP contribution in [0, 0.1) is 22.0 Å². The molecule has 4 atom stereocenters. The Balaban J connectivity index is 1.34. The second kappa shape index (κ2) is 9.08. The monoisotopic (exact) mass is 445 g/mol. The Labute approximate surface area is 186 Å². The molecule has 1 aromatic carbocycles. The minimum absolute atomic E-state index is 0.0162. The van der Waals surface area contributed by atoms with Crippen molar-refractivity contribution in [3.8, 4) is 0 Å². The van der Waals surface area contributed by atoms with Gasteiger partial charge in [0.1, 0.15) is 0 Å². The Kier molecular flexibility index (Phi) is 6.43. The number of ketones is 1. The summed E-state index contributed by atoms with van der Waals surface area (Å²) in [6.07, 6.45) is 4.66. The third-order valence-corrected chi connectivity index (χ3v) is 7.22. The van der Waals surface area contributed by atoms with E-state index in [0.717, 1.165) is 30.4 Å². The molecule has 1 aromatic rings. The topological polar surface area (TPSA) is 110 Å². The predicted octanol–water partition coefficient (Wildman–Crippen LogP) is 2.08. The molecule has 0 saturated carbocycles. The molecular weight excluding hydrogens is 418 g/mol. The van der Waals surface area contributed by atoms with Gasteiger partial charge in [-0.3, -0.25) is 24.5 Å². The Bertz CT molecular complexity index is 920. The van der Waals surface area contributed by atoms with Crippen LogP contribution in [0.3, 0.4) is 0 Å². The molecule has 2 unspecified atom stereocenters. The van der Waals surface area contributed by atoms with Crippen LogP contribution in [0.1, 0.15) is 43.2 Å². The van der Waals surface area contributed by atoms with Crippen molar-refractivity contribution in [3.05, 3.63) is 39.4 Å². The van der Waals surface area contributed by atoms with Gasteiger partial charge in [-0.05, 0) is 62.1 Å². The number of Topliss-reactive ketones (excluding diaryl/α,β-unsaturated/α-hetero) is 1. The largest absolute Gasteiger partial charge is 0.333 e. The van der Waals surface area contributed by atoms with Gasteiger partial charge in [-0.25, -0.2) is 0 Å². The van der Waals surface area contributed by atoms with Crippen LogP contribution in [0.5, 0.6) is 0 Å². The third-order valence-electron chi connectivity index (χ3n) is 6.94. The van der Waals surface area contributed by atoms with Gasteiger partial charge >= 0.3 is 0 Å². The lowest BCUT2D eigenvalue weighted by molar-refractivity contribution is -0.384. The summed E-state index contributed by atoms with van der Waals surface area (Å²) in [4.78, 5) is 50.1. The number of nitrogens with one attached hydrogen (secondary N) is 1. The number of amides is 1. The van der Waals surface area contributed by atoms with Gasteiger partial charge in [-0.1, -0.05) is 6.07 Å². The van der Waals surface area contributed by atoms with Gasteiger partial charge in [-0.2, -0.15) is 0 Å². The summed E-state index contributed by atoms with van der Waals surface area (Å²) in [6, 6.07) is 3.99. The standard InChI is InChI=1S/C22H27N3O5S/c26-19(6-3-13-10-14-4-5-16(25(29)30)12-15(14)11-13)24-9-1-2-18(24)21(27)17-7-8-23-20(17)22(28)31/h4-5,12-13,17-18,20,23H,1-3,6-11H2,(H,28,31)/t13?,17?,18-,20-/m0/s1. The zero-order valence-corrected chi connectivity index (χ0v) is 18.2. The predicted molar refractivity (Wildman–Crippen MR) is 117 cm³/mol. The number of fused-ring (bicyclic) bond motifs is 1. The van der Waals surface area contributed by atoms with Crippen LogP contribution in [0.15, 0.2) is 18.2 Å². The van der Waals surface area contributed by atoms with Crippen molar-refractivity contribution < 1.29 is 19.3 Å². The van der Waals surface area contributed by atoms with Gasteiger partial charge in [0.2, 0.25) is 11.0 Å². The lowest BCUT2D eigenvalue weighted by atomic mass is 9.90. The molecule has 2 saturated heterocycles. The van der Waals surface area contributed by atoms with E-state index < -0.39 is 18.0 Å². The van der Waals surface area contributed by atoms with Gasteiger partial charge in [0.15, 0.2) is 5.78 Å². The summed E-state index contributed by atoms with van der Waals surface area (Å²) in [7, 11) is 0. The highest BCUT2D eigenvalue weighted by atomic mass is 32.1. The first-order valence-electron chi connectivity index (χ1n) is 10.9. The summed E-state index contributed by atoms with van der Waals surface area (Å²) < 4.78 is 0. The summed E-state index contributed by atoms with van der Waals surface area (Å²) in [5.74, 6) is -0.173. The number of benzene rings is 1. The molecule has 0 bridgehead atoms. The molecule has 0 radical (unpaired) electrons. The number of nitro groups is 1. The lowest BCUT2D eigenvalue weighted by Gasteiger charge is -2.27. The van der Waals surface area contributed by atoms with E-state index in [1.165, 1.54) is 6.07 Å². The summed E-state index contributed by atoms with van der Waals surface area (Å²) in [5.41, 5.74) is 2.22. The molecule has 4 rings (SSSR count). The fraction of sp³-hybridized carbons (Fsp3) is 0.591. The number of rotatable bonds is 7. The number of thiol groups is 1. The van der Waals surface area contributed by atoms with E-state index in [2.05, 4.69) is 17.9 Å². The van der Waals surface area contributed by atoms with Gasteiger partial charge in [0, 0.05) is 31.0 Å². The number of carbonyl (C=O) groups is 3. The molecule has 0 spiro atoms. The van der Waals surface area contributed by atoms with Crippen LogP contribution in [0.25, 0.3) is 0 Å². The SMILES string of the molecule is O=C(S)[C@H]1NCCC1C(=O)[C@@H]1CCCN1C(=O)CCC1Cc2ccc([N+](=O)[O-])cc2C1. The van der Waals surface area contributed by atoms with Crippen molar-refractivity contribution in [1.82, 2.24) is 10.2 Å². The fourth-order valence-corrected chi connectivity index (χ4v) is 5.63. The quantitative estimate of drug-likeness (QED) is 0.378. The number of nitro benzene ring substituents is 1. The molecule has 9 heteroatoms. The molecule has 166 valence electrons. The van der Waals surface area contributed by atoms with Crippen LogP contribution < -0.4 is 5.32 Å². The molecule has 1 amide bonds. The molecule has 3 aliphatic rings. The maximum atomic E-state index is 13.1. The van der Waals surface area contributed by atoms with Crippen molar-refractivity contribution in [2.24, 2.45) is 11.8 Å². The van der Waals surface area contributed by atoms with Crippen LogP contribution in [-0.4, -0.2) is 51.8 Å². The second-order valence-corrected chi connectivity index (χ2v) is 9.28. The number of carbonyl (C=O) groups excluding carboxylic acids is 3. The van der Waals surface area contributed by atoms with Crippen molar-refractivity contribution in [1.29, 1.82) is 0 Å². The molecule has 1 aliphatic carbocycles. The third kappa shape index (κ3) is 4.52. The fourth-order valence-electron chi connectivity index (χ4n) is 5.36. The maximum Gasteiger partial charge on any atom is 0.269 e. The molecule has 1 N–H and O–H groups in total. The Hall–Kier alpha value is -2.26. The Morgan fingerprint density at radius 2 is 1.97 bits per heavy atom. The number of nitrogens with zero attached hydrogens (tertiary/aromatic N) is 2. The normalized spacial score (nSPS) is 27.3. The molecule has 2 heterocycles. The first-order chi connectivity index (χ1) is 14.8. The summed E-state index contributed by atoms with van der Waals surface area (Å²) in [5, 5.41) is 13.7. The van der Waals surface area contributed by atoms with Crippen molar-refractivity contribution in [3.63, 3.8) is 0 Å². The molecule has 2 fully saturated rings. The highest BCUT2D eigenvalue weighted by Gasteiger charge is 2.43. The second-order valence-electron chi connectivity index (χ2n) is 8.84. The first-order valence-corrected chi connectivity index (χ1v) is 11.4. The molecule has 0 aromatic heterocycles. The van der Waals surface area contributed by atoms with Crippen molar-refractivity contribution in [2.75, 3.05) is 13.1 Å². The van der Waals surface area contributed by atoms with Crippen molar-refractivity contribution >= 4 is 35.1 Å². The maximum absolute atomic E-state index is 13.1. The highest BCUT2D eigenvalue weighted by molar-refractivity contribution is 7.96. The number of likely N-dealkylation sites (tertiary alicyclic amines) is 1. The summed E-state index contributed by atoms with van der Waals surface area (Å²) >= 11 is 3.90. The van der Waals surface area contributed by atoms with Crippen LogP contribution in [-0.2, 0) is 27.2 Å². The molecule has 8 nitrogen and oxygen atoms in total. The zero-order valence-electron chi connectivity index (χ0n) is 17.3. The van der Waals surface area contributed by atoms with Crippen LogP contribution in [0.2, 0.25) is 0 Å². The van der Waals surface area contributed by atoms with Crippen LogP contribution in [0.4, 0.5) is 5.69 Å². The van der Waals surface area contributed by atoms with Gasteiger partial charge < -0.3 is 10.2 Å². The number of hydrogen-bond donors (Lipinski definition) is 2. The number of non-ortho nitro benzene ring substituents is 1. The highest BCUT2D eigenvalue weighted by Crippen LogP contribution is 2.33. The van der Waals surface area contributed by atoms with Crippen molar-refractivity contribution in [2.45, 2.75) is 57.0 Å². The van der Waals surface area contributed by atoms with E-state index in [1.807, 2.05) is 6.07 Å². The first kappa shape index (κ1) is 22.0. The minimum atomic E-state index is -0.561. The summed E-state index contributed by atoms with van der Waals surface area (Å²) in [6.45, 7) is 1.18. The smallest absolute Gasteiger partial charge is 0.269 e. The zero-order chi connectivity index (χ0) is 22.1. The minimum Gasteiger partial charge on any atom is -0.333 e. The average molecular weight is 446 g/mol. The lowest BCUT2D eigenvalue weighted by Crippen LogP contribution is -2.46. The van der Waals surface area contributed by atoms with E-state index in [1.54, 1.807) is 11.0 Å². The van der Waals surface area contributed by atoms with Gasteiger partial charge in [0.25, 0.3) is 5.69 Å². The Morgan fingerprint density at radius 1 is 1.19 bits per heavy atom. The van der Waals surface area contributed by atoms with Crippen LogP contribution >= 0.6 is 12.6 Å². The van der Waals surface area contributed by atoms with Gasteiger partial charge in [-0.15, -0.1) is 12.6 Å². The van der Waals surface area contributed by atoms with E-state index >= 15 is 0 Å². The average Bonchev–Trinajstić information content (AvgIpc) is 3.49. The Morgan fingerprint density at radius 3 is 2.71 bits per heavy atom. The number of hydrogen-bond acceptors (Lipinski definition) is 6. The van der Waals surface area contributed by atoms with Gasteiger partial charge in [0.05, 0.1) is 17.0 Å². The van der Waals surface area contributed by atoms with E-state index in [4.69, 9.17) is 0 Å². The molecule has 31 heavy (non-hydrogen) atoms. The van der Waals surface area contributed by atoms with E-state index in [0.29, 0.717) is 38.8 Å². The molecular formula is C22H27N3O5S. The molecule has 2 aliphatic heterocycles. The van der Waals surface area contributed by atoms with E-state index in [9.17, 15) is 24.5 Å². The van der Waals surface area contributed by atoms with E-state index in [-0.39, 0.29) is 33.3 Å².